The molecule has 3 saturated heterocycles. The number of aromatic nitrogens is 2. The predicted octanol–water partition coefficient (Wildman–Crippen LogP) is 5.31. The Kier molecular flexibility index (Phi) is 7.84. The van der Waals surface area contributed by atoms with Crippen molar-refractivity contribution in [1.82, 2.24) is 20.0 Å². The molecule has 2 unspecified atom stereocenters. The summed E-state index contributed by atoms with van der Waals surface area (Å²) in [5.74, 6) is 1.91. The molecule has 1 aromatic heterocycles. The smallest absolute Gasteiger partial charge is 0.253 e. The summed E-state index contributed by atoms with van der Waals surface area (Å²) in [5.41, 5.74) is 1.94. The van der Waals surface area contributed by atoms with E-state index < -0.39 is 0 Å². The number of likely N-dealkylation sites (tertiary alicyclic amines) is 1. The minimum Gasteiger partial charge on any atom is -0.508 e. The lowest BCUT2D eigenvalue weighted by Gasteiger charge is -2.53. The molecule has 41 heavy (non-hydrogen) atoms. The minimum atomic E-state index is 0.0167. The van der Waals surface area contributed by atoms with Crippen LogP contribution in [0, 0.1) is 0 Å². The van der Waals surface area contributed by atoms with Crippen molar-refractivity contribution in [1.29, 1.82) is 0 Å². The third kappa shape index (κ3) is 5.89. The third-order valence-corrected chi connectivity index (χ3v) is 9.50. The number of rotatable bonds is 8. The molecule has 3 aromatic rings. The minimum absolute atomic E-state index is 0.0167. The van der Waals surface area contributed by atoms with Crippen LogP contribution in [-0.2, 0) is 6.54 Å². The average Bonchev–Trinajstić information content (AvgIpc) is 3.28. The fourth-order valence-electron chi connectivity index (χ4n) is 7.39. The van der Waals surface area contributed by atoms with Gasteiger partial charge in [-0.25, -0.2) is 0 Å². The van der Waals surface area contributed by atoms with Crippen molar-refractivity contribution in [2.45, 2.75) is 82.6 Å². The van der Waals surface area contributed by atoms with E-state index in [1.807, 2.05) is 11.0 Å². The number of hydrogen-bond donors (Lipinski definition) is 2. The molecular formula is C33H42N6O2. The Morgan fingerprint density at radius 2 is 1.73 bits per heavy atom. The fraction of sp³-hybridized carbons (Fsp3) is 0.485. The summed E-state index contributed by atoms with van der Waals surface area (Å²) in [5, 5.41) is 22.6. The average molecular weight is 555 g/mol. The van der Waals surface area contributed by atoms with Gasteiger partial charge in [0.1, 0.15) is 11.6 Å². The highest BCUT2D eigenvalue weighted by molar-refractivity contribution is 5.94. The van der Waals surface area contributed by atoms with Crippen LogP contribution < -0.4 is 10.2 Å². The molecule has 2 aromatic carbocycles. The third-order valence-electron chi connectivity index (χ3n) is 9.50. The molecule has 0 aliphatic carbocycles. The molecule has 0 spiro atoms. The van der Waals surface area contributed by atoms with Gasteiger partial charge in [0.05, 0.1) is 0 Å². The molecule has 6 rings (SSSR count). The highest BCUT2D eigenvalue weighted by atomic mass is 16.3. The summed E-state index contributed by atoms with van der Waals surface area (Å²) in [7, 11) is 0. The first-order valence-electron chi connectivity index (χ1n) is 15.2. The number of amides is 1. The first-order chi connectivity index (χ1) is 19.9. The van der Waals surface area contributed by atoms with Gasteiger partial charge in [-0.2, -0.15) is 0 Å². The molecule has 2 atom stereocenters. The maximum absolute atomic E-state index is 13.0. The van der Waals surface area contributed by atoms with Crippen LogP contribution in [0.3, 0.4) is 0 Å². The molecule has 0 radical (unpaired) electrons. The maximum Gasteiger partial charge on any atom is 0.253 e. The van der Waals surface area contributed by atoms with Gasteiger partial charge in [-0.05, 0) is 88.3 Å². The number of phenolic OH excluding ortho intramolecular Hbond substituents is 1. The molecule has 2 N–H and O–H groups in total. The zero-order chi connectivity index (χ0) is 28.4. The van der Waals surface area contributed by atoms with E-state index in [1.54, 1.807) is 24.3 Å². The van der Waals surface area contributed by atoms with Crippen molar-refractivity contribution in [2.24, 2.45) is 0 Å². The molecule has 3 aliphatic heterocycles. The second-order valence-corrected chi connectivity index (χ2v) is 12.2. The molecule has 8 nitrogen and oxygen atoms in total. The zero-order valence-electron chi connectivity index (χ0n) is 24.2. The largest absolute Gasteiger partial charge is 0.508 e. The van der Waals surface area contributed by atoms with Gasteiger partial charge in [-0.1, -0.05) is 36.4 Å². The summed E-state index contributed by atoms with van der Waals surface area (Å²) in [6, 6.07) is 22.8. The number of phenols is 1. The number of benzene rings is 2. The molecule has 0 saturated carbocycles. The monoisotopic (exact) mass is 554 g/mol. The van der Waals surface area contributed by atoms with Gasteiger partial charge < -0.3 is 20.2 Å². The lowest BCUT2D eigenvalue weighted by atomic mass is 9.82. The van der Waals surface area contributed by atoms with Crippen molar-refractivity contribution in [3.05, 3.63) is 77.9 Å². The van der Waals surface area contributed by atoms with Crippen LogP contribution in [0.5, 0.6) is 5.75 Å². The van der Waals surface area contributed by atoms with Gasteiger partial charge in [-0.15, -0.1) is 10.2 Å². The molecule has 3 aliphatic rings. The van der Waals surface area contributed by atoms with E-state index in [0.29, 0.717) is 23.7 Å². The fourth-order valence-corrected chi connectivity index (χ4v) is 7.39. The lowest BCUT2D eigenvalue weighted by Crippen LogP contribution is -2.61. The number of nitrogens with one attached hydrogen (secondary N) is 1. The summed E-state index contributed by atoms with van der Waals surface area (Å²) in [4.78, 5) is 20.0. The van der Waals surface area contributed by atoms with E-state index in [0.717, 1.165) is 63.5 Å². The highest BCUT2D eigenvalue weighted by Crippen LogP contribution is 2.44. The molecule has 1 amide bonds. The van der Waals surface area contributed by atoms with Gasteiger partial charge in [0, 0.05) is 55.4 Å². The number of nitrogens with zero attached hydrogens (tertiary/aromatic N) is 5. The highest BCUT2D eigenvalue weighted by Gasteiger charge is 2.49. The van der Waals surface area contributed by atoms with Crippen LogP contribution >= 0.6 is 0 Å². The SMILES string of the molecule is CCN(Cc1ccccc1)c1ccc(NC2CC3CCC(C2)N3C2(C)CCN(C(=O)c3cccc(O)c3)CC2)nn1. The number of anilines is 2. The molecule has 8 heteroatoms. The normalized spacial score (nSPS) is 23.8. The van der Waals surface area contributed by atoms with E-state index in [-0.39, 0.29) is 17.2 Å². The maximum atomic E-state index is 13.0. The Morgan fingerprint density at radius 3 is 2.37 bits per heavy atom. The van der Waals surface area contributed by atoms with Gasteiger partial charge >= 0.3 is 0 Å². The Bertz CT molecular complexity index is 1310. The van der Waals surface area contributed by atoms with Crippen LogP contribution in [0.25, 0.3) is 0 Å². The van der Waals surface area contributed by atoms with Crippen LogP contribution in [0.15, 0.2) is 66.7 Å². The van der Waals surface area contributed by atoms with Crippen molar-refractivity contribution in [3.8, 4) is 5.75 Å². The first kappa shape index (κ1) is 27.5. The Balaban J connectivity index is 1.04. The second-order valence-electron chi connectivity index (χ2n) is 12.2. The quantitative estimate of drug-likeness (QED) is 0.390. The molecular weight excluding hydrogens is 512 g/mol. The number of fused-ring (bicyclic) bond motifs is 2. The number of piperidine rings is 2. The summed E-state index contributed by atoms with van der Waals surface area (Å²) in [6.07, 6.45) is 6.64. The molecule has 3 fully saturated rings. The van der Waals surface area contributed by atoms with Crippen LogP contribution in [-0.4, -0.2) is 74.3 Å². The standard InChI is InChI=1S/C33H42N6O2/c1-3-37(23-24-8-5-4-6-9-24)31-15-14-30(35-36-31)34-26-21-27-12-13-28(22-26)39(27)33(2)16-18-38(19-17-33)32(41)25-10-7-11-29(40)20-25/h4-11,14-15,20,26-28,40H,3,12-13,16-19,21-23H2,1-2H3,(H,34,35). The number of aromatic hydroxyl groups is 1. The first-order valence-corrected chi connectivity index (χ1v) is 15.2. The number of carbonyl (C=O) groups is 1. The van der Waals surface area contributed by atoms with E-state index in [9.17, 15) is 9.90 Å². The van der Waals surface area contributed by atoms with Crippen molar-refractivity contribution in [3.63, 3.8) is 0 Å². The van der Waals surface area contributed by atoms with Crippen molar-refractivity contribution >= 4 is 17.5 Å². The number of carbonyl (C=O) groups excluding carboxylic acids is 1. The van der Waals surface area contributed by atoms with Crippen LogP contribution in [0.1, 0.15) is 68.3 Å². The molecule has 4 heterocycles. The van der Waals surface area contributed by atoms with Gasteiger partial charge in [0.15, 0.2) is 5.82 Å². The van der Waals surface area contributed by atoms with E-state index in [2.05, 4.69) is 75.6 Å². The molecule has 2 bridgehead atoms. The lowest BCUT2D eigenvalue weighted by molar-refractivity contribution is -0.0197. The zero-order valence-corrected chi connectivity index (χ0v) is 24.2. The van der Waals surface area contributed by atoms with Gasteiger partial charge in [0.2, 0.25) is 0 Å². The van der Waals surface area contributed by atoms with E-state index in [4.69, 9.17) is 0 Å². The summed E-state index contributed by atoms with van der Waals surface area (Å²) in [6.45, 7) is 7.76. The Hall–Kier alpha value is -3.65. The number of hydrogen-bond acceptors (Lipinski definition) is 7. The van der Waals surface area contributed by atoms with E-state index >= 15 is 0 Å². The van der Waals surface area contributed by atoms with Gasteiger partial charge in [-0.3, -0.25) is 9.69 Å². The predicted molar refractivity (Wildman–Crippen MR) is 162 cm³/mol. The molecule has 216 valence electrons. The topological polar surface area (TPSA) is 84.8 Å². The summed E-state index contributed by atoms with van der Waals surface area (Å²) >= 11 is 0. The van der Waals surface area contributed by atoms with Crippen molar-refractivity contribution < 1.29 is 9.90 Å². The Morgan fingerprint density at radius 1 is 1.00 bits per heavy atom. The van der Waals surface area contributed by atoms with Gasteiger partial charge in [0.25, 0.3) is 5.91 Å². The summed E-state index contributed by atoms with van der Waals surface area (Å²) < 4.78 is 0. The van der Waals surface area contributed by atoms with Crippen LogP contribution in [0.4, 0.5) is 11.6 Å². The van der Waals surface area contributed by atoms with E-state index in [1.165, 1.54) is 18.4 Å². The van der Waals surface area contributed by atoms with Crippen LogP contribution in [0.2, 0.25) is 0 Å². The Labute approximate surface area is 243 Å². The van der Waals surface area contributed by atoms with Crippen molar-refractivity contribution in [2.75, 3.05) is 29.9 Å². The second kappa shape index (κ2) is 11.7.